The lowest BCUT2D eigenvalue weighted by Crippen LogP contribution is -2.48. The van der Waals surface area contributed by atoms with E-state index >= 15 is 0 Å². The van der Waals surface area contributed by atoms with E-state index in [1.807, 2.05) is 50.6 Å². The molecule has 0 aliphatic carbocycles. The molecule has 0 spiro atoms. The topological polar surface area (TPSA) is 99.2 Å². The molecule has 0 fully saturated rings. The summed E-state index contributed by atoms with van der Waals surface area (Å²) in [6.45, 7) is 13.3. The Bertz CT molecular complexity index is 1280. The van der Waals surface area contributed by atoms with E-state index in [4.69, 9.17) is 14.2 Å². The van der Waals surface area contributed by atoms with Gasteiger partial charge in [-0.2, -0.15) is 0 Å². The van der Waals surface area contributed by atoms with Crippen LogP contribution in [0.2, 0.25) is 0 Å². The molecule has 0 unspecified atom stereocenters. The van der Waals surface area contributed by atoms with Gasteiger partial charge in [0.15, 0.2) is 5.78 Å². The van der Waals surface area contributed by atoms with Crippen LogP contribution in [-0.2, 0) is 15.8 Å². The maximum atomic E-state index is 14.7. The summed E-state index contributed by atoms with van der Waals surface area (Å²) in [5.41, 5.74) is -0.990. The molecule has 0 saturated heterocycles. The predicted molar refractivity (Wildman–Crippen MR) is 143 cm³/mol. The Morgan fingerprint density at radius 1 is 1.08 bits per heavy atom. The third-order valence-corrected chi connectivity index (χ3v) is 5.80. The first-order valence-electron chi connectivity index (χ1n) is 12.6. The number of allylic oxidation sites excluding steroid dienone is 1. The molecule has 1 N–H and O–H groups in total. The summed E-state index contributed by atoms with van der Waals surface area (Å²) in [6.07, 6.45) is 7.48. The molecule has 2 heterocycles. The maximum absolute atomic E-state index is 14.7. The molecule has 3 aromatic rings. The van der Waals surface area contributed by atoms with Crippen molar-refractivity contribution in [2.24, 2.45) is 0 Å². The second-order valence-corrected chi connectivity index (χ2v) is 11.5. The number of halogens is 1. The number of aromatic nitrogens is 3. The van der Waals surface area contributed by atoms with Gasteiger partial charge in [-0.15, -0.1) is 0 Å². The van der Waals surface area contributed by atoms with Crippen molar-refractivity contribution in [1.82, 2.24) is 20.0 Å². The van der Waals surface area contributed by atoms with Crippen molar-refractivity contribution in [2.45, 2.75) is 84.4 Å². The minimum absolute atomic E-state index is 0.115. The Kier molecular flexibility index (Phi) is 8.59. The fourth-order valence-corrected chi connectivity index (χ4v) is 3.94. The molecule has 0 bridgehead atoms. The van der Waals surface area contributed by atoms with Crippen molar-refractivity contribution in [2.75, 3.05) is 0 Å². The number of carbonyl (C=O) groups excluding carboxylic acids is 2. The largest absolute Gasteiger partial charge is 0.444 e. The fraction of sp³-hybridized carbons (Fsp3) is 0.448. The van der Waals surface area contributed by atoms with Crippen LogP contribution in [0.15, 0.2) is 59.5 Å². The summed E-state index contributed by atoms with van der Waals surface area (Å²) in [5.74, 6) is 0.0596. The summed E-state index contributed by atoms with van der Waals surface area (Å²) in [4.78, 5) is 30.0. The van der Waals surface area contributed by atoms with Crippen LogP contribution in [-0.4, -0.2) is 32.2 Å². The van der Waals surface area contributed by atoms with Gasteiger partial charge in [-0.1, -0.05) is 29.4 Å². The molecule has 1 amide bonds. The minimum atomic E-state index is -1.01. The fourth-order valence-electron chi connectivity index (χ4n) is 3.94. The Balaban J connectivity index is 1.94. The number of amides is 1. The number of benzene rings is 1. The zero-order chi connectivity index (χ0) is 28.1. The van der Waals surface area contributed by atoms with Gasteiger partial charge in [0.05, 0.1) is 5.69 Å². The normalized spacial score (nSPS) is 13.9. The minimum Gasteiger partial charge on any atom is -0.444 e. The van der Waals surface area contributed by atoms with Crippen molar-refractivity contribution in [1.29, 1.82) is 0 Å². The Morgan fingerprint density at radius 2 is 1.79 bits per heavy atom. The zero-order valence-electron chi connectivity index (χ0n) is 23.2. The number of rotatable bonds is 9. The van der Waals surface area contributed by atoms with Crippen molar-refractivity contribution in [3.05, 3.63) is 72.3 Å². The van der Waals surface area contributed by atoms with E-state index in [1.165, 1.54) is 18.4 Å². The molecule has 0 aliphatic heterocycles. The molecule has 0 saturated carbocycles. The van der Waals surface area contributed by atoms with Crippen molar-refractivity contribution < 1.29 is 23.2 Å². The van der Waals surface area contributed by atoms with E-state index in [0.29, 0.717) is 35.6 Å². The molecule has 1 atom stereocenters. The van der Waals surface area contributed by atoms with Crippen molar-refractivity contribution in [3.8, 4) is 11.3 Å². The molecule has 9 heteroatoms. The second-order valence-electron chi connectivity index (χ2n) is 11.5. The maximum Gasteiger partial charge on any atom is 0.408 e. The number of nitrogens with zero attached hydrogens (tertiary/aromatic N) is 3. The molecule has 204 valence electrons. The van der Waals surface area contributed by atoms with E-state index in [9.17, 15) is 14.0 Å². The van der Waals surface area contributed by atoms with Gasteiger partial charge >= 0.3 is 6.09 Å². The highest BCUT2D eigenvalue weighted by Crippen LogP contribution is 2.33. The van der Waals surface area contributed by atoms with Gasteiger partial charge in [-0.25, -0.2) is 14.2 Å². The number of imidazole rings is 1. The molecule has 1 aromatic carbocycles. The highest BCUT2D eigenvalue weighted by atomic mass is 19.1. The number of ether oxygens (including phenoxy) is 1. The number of alkyl carbamates (subject to hydrolysis) is 1. The van der Waals surface area contributed by atoms with Crippen LogP contribution in [0, 0.1) is 5.82 Å². The van der Waals surface area contributed by atoms with E-state index < -0.39 is 22.8 Å². The first-order chi connectivity index (χ1) is 17.7. The third-order valence-electron chi connectivity index (χ3n) is 5.80. The first kappa shape index (κ1) is 28.8. The molecular formula is C29H37FN4O4. The Labute approximate surface area is 223 Å². The molecular weight excluding hydrogens is 487 g/mol. The first-order valence-corrected chi connectivity index (χ1v) is 12.6. The summed E-state index contributed by atoms with van der Waals surface area (Å²) in [5, 5.41) is 6.68. The smallest absolute Gasteiger partial charge is 0.408 e. The van der Waals surface area contributed by atoms with Crippen LogP contribution in [0.25, 0.3) is 11.3 Å². The van der Waals surface area contributed by atoms with Crippen LogP contribution in [0.1, 0.15) is 84.0 Å². The van der Waals surface area contributed by atoms with Crippen LogP contribution >= 0.6 is 0 Å². The van der Waals surface area contributed by atoms with Gasteiger partial charge in [-0.3, -0.25) is 4.79 Å². The van der Waals surface area contributed by atoms with Gasteiger partial charge in [0, 0.05) is 29.8 Å². The lowest BCUT2D eigenvalue weighted by molar-refractivity contribution is 0.0452. The van der Waals surface area contributed by atoms with Gasteiger partial charge in [-0.05, 0) is 73.4 Å². The molecule has 2 aromatic heterocycles. The average Bonchev–Trinajstić information content (AvgIpc) is 3.48. The van der Waals surface area contributed by atoms with E-state index in [2.05, 4.69) is 10.5 Å². The Morgan fingerprint density at radius 3 is 2.39 bits per heavy atom. The van der Waals surface area contributed by atoms with Gasteiger partial charge in [0.1, 0.15) is 34.7 Å². The molecule has 0 radical (unpaired) electrons. The molecule has 0 aliphatic rings. The monoisotopic (exact) mass is 524 g/mol. The lowest BCUT2D eigenvalue weighted by Gasteiger charge is -2.34. The van der Waals surface area contributed by atoms with Crippen LogP contribution < -0.4 is 5.32 Å². The number of ketones is 1. The standard InChI is InChI=1S/C29H37FN4O4/c1-27(2,3)34-19-23(20-13-10-11-14-21(20)30)31-25(34)29(7,32-26(36)38-28(4,5)6)17-12-8-9-15-24(35)22-16-18-37-33-22/h8,10-14,16,18-19H,9,15,17H2,1-7H3,(H,32,36)/b12-8+/t29-/m0/s1. The van der Waals surface area contributed by atoms with E-state index in [-0.39, 0.29) is 18.0 Å². The quantitative estimate of drug-likeness (QED) is 0.245. The average molecular weight is 525 g/mol. The van der Waals surface area contributed by atoms with Crippen LogP contribution in [0.4, 0.5) is 9.18 Å². The number of hydrogen-bond donors (Lipinski definition) is 1. The lowest BCUT2D eigenvalue weighted by atomic mass is 9.94. The van der Waals surface area contributed by atoms with Crippen molar-refractivity contribution in [3.63, 3.8) is 0 Å². The third kappa shape index (κ3) is 7.40. The van der Waals surface area contributed by atoms with Crippen LogP contribution in [0.5, 0.6) is 0 Å². The molecule has 38 heavy (non-hydrogen) atoms. The molecule has 3 rings (SSSR count). The molecule has 8 nitrogen and oxygen atoms in total. The summed E-state index contributed by atoms with van der Waals surface area (Å²) in [7, 11) is 0. The second kappa shape index (κ2) is 11.3. The zero-order valence-corrected chi connectivity index (χ0v) is 23.2. The van der Waals surface area contributed by atoms with Gasteiger partial charge < -0.3 is 19.1 Å². The number of hydrogen-bond acceptors (Lipinski definition) is 6. The number of Topliss-reactive ketones (excluding diaryl/α,β-unsaturated/α-hetero) is 1. The van der Waals surface area contributed by atoms with E-state index in [1.54, 1.807) is 39.0 Å². The van der Waals surface area contributed by atoms with Crippen LogP contribution in [0.3, 0.4) is 0 Å². The summed E-state index contributed by atoms with van der Waals surface area (Å²) < 4.78 is 26.9. The highest BCUT2D eigenvalue weighted by molar-refractivity contribution is 5.93. The van der Waals surface area contributed by atoms with E-state index in [0.717, 1.165) is 0 Å². The SMILES string of the molecule is CC(C)(C)OC(=O)N[C@@](C)(C/C=C/CCC(=O)c1ccon1)c1nc(-c2ccccc2F)cn1C(C)(C)C. The van der Waals surface area contributed by atoms with Gasteiger partial charge in [0.2, 0.25) is 0 Å². The van der Waals surface area contributed by atoms with Crippen molar-refractivity contribution >= 4 is 11.9 Å². The number of nitrogens with one attached hydrogen (secondary N) is 1. The highest BCUT2D eigenvalue weighted by Gasteiger charge is 2.37. The summed E-state index contributed by atoms with van der Waals surface area (Å²) >= 11 is 0. The Hall–Kier alpha value is -3.75. The van der Waals surface area contributed by atoms with Gasteiger partial charge in [0.25, 0.3) is 0 Å². The summed E-state index contributed by atoms with van der Waals surface area (Å²) in [6, 6.07) is 8.00. The predicted octanol–water partition coefficient (Wildman–Crippen LogP) is 6.78. The number of carbonyl (C=O) groups is 2.